The molecule has 0 spiro atoms. The van der Waals surface area contributed by atoms with E-state index < -0.39 is 0 Å². The highest BCUT2D eigenvalue weighted by Crippen LogP contribution is 2.17. The summed E-state index contributed by atoms with van der Waals surface area (Å²) in [6.07, 6.45) is 2.64. The predicted molar refractivity (Wildman–Crippen MR) is 44.4 cm³/mol. The molecule has 1 rings (SSSR count). The second-order valence-corrected chi connectivity index (χ2v) is 3.57. The summed E-state index contributed by atoms with van der Waals surface area (Å²) in [6.45, 7) is 7.22. The molecule has 66 valence electrons. The van der Waals surface area contributed by atoms with E-state index in [0.717, 1.165) is 19.4 Å². The minimum atomic E-state index is 0.0208. The Labute approximate surface area is 68.9 Å². The molecule has 0 aromatic heterocycles. The molecule has 1 aliphatic rings. The summed E-state index contributed by atoms with van der Waals surface area (Å²) in [7, 11) is 0. The van der Waals surface area contributed by atoms with Crippen molar-refractivity contribution < 1.29 is 9.47 Å². The van der Waals surface area contributed by atoms with Crippen molar-refractivity contribution in [2.24, 2.45) is 5.92 Å². The largest absolute Gasteiger partial charge is 0.352 e. The molecule has 0 radical (unpaired) electrons. The Kier molecular flexibility index (Phi) is 3.34. The highest BCUT2D eigenvalue weighted by Gasteiger charge is 2.20. The van der Waals surface area contributed by atoms with Crippen molar-refractivity contribution in [3.63, 3.8) is 0 Å². The first kappa shape index (κ1) is 9.01. The molecule has 11 heavy (non-hydrogen) atoms. The third-order valence-corrected chi connectivity index (χ3v) is 1.95. The molecule has 0 saturated carbocycles. The minimum absolute atomic E-state index is 0.0208. The van der Waals surface area contributed by atoms with Gasteiger partial charge in [-0.15, -0.1) is 0 Å². The Balaban J connectivity index is 2.39. The Morgan fingerprint density at radius 1 is 1.36 bits per heavy atom. The lowest BCUT2D eigenvalue weighted by Gasteiger charge is -2.21. The fourth-order valence-electron chi connectivity index (χ4n) is 1.26. The molecule has 0 N–H and O–H groups in total. The molecule has 1 fully saturated rings. The van der Waals surface area contributed by atoms with Gasteiger partial charge in [-0.05, 0) is 19.8 Å². The van der Waals surface area contributed by atoms with Gasteiger partial charge < -0.3 is 9.47 Å². The minimum Gasteiger partial charge on any atom is -0.352 e. The van der Waals surface area contributed by atoms with Gasteiger partial charge in [-0.25, -0.2) is 0 Å². The average Bonchev–Trinajstić information content (AvgIpc) is 2.13. The highest BCUT2D eigenvalue weighted by molar-refractivity contribution is 4.60. The molecule has 1 aliphatic heterocycles. The molecule has 2 nitrogen and oxygen atoms in total. The van der Waals surface area contributed by atoms with Crippen LogP contribution in [0.2, 0.25) is 0 Å². The van der Waals surface area contributed by atoms with E-state index in [2.05, 4.69) is 20.8 Å². The van der Waals surface area contributed by atoms with Crippen LogP contribution in [0.25, 0.3) is 0 Å². The van der Waals surface area contributed by atoms with Crippen molar-refractivity contribution in [3.05, 3.63) is 0 Å². The Morgan fingerprint density at radius 3 is 2.73 bits per heavy atom. The Bertz CT molecular complexity index is 112. The first-order chi connectivity index (χ1) is 5.20. The zero-order chi connectivity index (χ0) is 8.27. The number of hydrogen-bond acceptors (Lipinski definition) is 2. The molecule has 0 aromatic carbocycles. The van der Waals surface area contributed by atoms with Crippen LogP contribution < -0.4 is 0 Å². The monoisotopic (exact) mass is 158 g/mol. The van der Waals surface area contributed by atoms with Crippen LogP contribution in [0, 0.1) is 5.92 Å². The van der Waals surface area contributed by atoms with E-state index in [9.17, 15) is 0 Å². The van der Waals surface area contributed by atoms with Gasteiger partial charge in [0.1, 0.15) is 0 Å². The zero-order valence-electron chi connectivity index (χ0n) is 7.67. The maximum atomic E-state index is 5.65. The zero-order valence-corrected chi connectivity index (χ0v) is 7.67. The first-order valence-corrected chi connectivity index (χ1v) is 4.47. The highest BCUT2D eigenvalue weighted by atomic mass is 16.7. The van der Waals surface area contributed by atoms with Gasteiger partial charge in [-0.3, -0.25) is 0 Å². The second-order valence-electron chi connectivity index (χ2n) is 3.57. The third kappa shape index (κ3) is 2.80. The number of ether oxygens (including phenoxy) is 2. The van der Waals surface area contributed by atoms with Crippen LogP contribution in [-0.2, 0) is 9.47 Å². The predicted octanol–water partition coefficient (Wildman–Crippen LogP) is 2.18. The molecule has 2 heteroatoms. The van der Waals surface area contributed by atoms with E-state index >= 15 is 0 Å². The van der Waals surface area contributed by atoms with Gasteiger partial charge in [0.15, 0.2) is 6.29 Å². The summed E-state index contributed by atoms with van der Waals surface area (Å²) in [5, 5.41) is 0. The van der Waals surface area contributed by atoms with Gasteiger partial charge in [0.05, 0.1) is 6.10 Å². The van der Waals surface area contributed by atoms with Crippen molar-refractivity contribution >= 4 is 0 Å². The molecule has 0 bridgehead atoms. The van der Waals surface area contributed by atoms with E-state index in [-0.39, 0.29) is 6.29 Å². The first-order valence-electron chi connectivity index (χ1n) is 4.47. The summed E-state index contributed by atoms with van der Waals surface area (Å²) in [5.74, 6) is 0.468. The lowest BCUT2D eigenvalue weighted by Crippen LogP contribution is -2.25. The average molecular weight is 158 g/mol. The van der Waals surface area contributed by atoms with Crippen molar-refractivity contribution in [2.45, 2.75) is 46.0 Å². The summed E-state index contributed by atoms with van der Waals surface area (Å²) in [6, 6.07) is 0. The normalized spacial score (nSPS) is 33.8. The van der Waals surface area contributed by atoms with Crippen molar-refractivity contribution in [1.82, 2.24) is 0 Å². The van der Waals surface area contributed by atoms with Crippen molar-refractivity contribution in [1.29, 1.82) is 0 Å². The van der Waals surface area contributed by atoms with Crippen LogP contribution in [0.4, 0.5) is 0 Å². The van der Waals surface area contributed by atoms with Gasteiger partial charge in [0.25, 0.3) is 0 Å². The van der Waals surface area contributed by atoms with E-state index in [4.69, 9.17) is 9.47 Å². The lowest BCUT2D eigenvalue weighted by molar-refractivity contribution is -0.172. The molecule has 2 atom stereocenters. The Morgan fingerprint density at radius 2 is 2.09 bits per heavy atom. The molecule has 1 heterocycles. The lowest BCUT2D eigenvalue weighted by atomic mass is 10.2. The molecular weight excluding hydrogens is 140 g/mol. The third-order valence-electron chi connectivity index (χ3n) is 1.95. The van der Waals surface area contributed by atoms with Gasteiger partial charge in [-0.1, -0.05) is 13.8 Å². The van der Waals surface area contributed by atoms with E-state index in [1.165, 1.54) is 0 Å². The quantitative estimate of drug-likeness (QED) is 0.582. The van der Waals surface area contributed by atoms with Gasteiger partial charge >= 0.3 is 0 Å². The molecule has 1 saturated heterocycles. The number of rotatable bonds is 1. The van der Waals surface area contributed by atoms with Crippen LogP contribution >= 0.6 is 0 Å². The van der Waals surface area contributed by atoms with Crippen molar-refractivity contribution in [2.75, 3.05) is 6.61 Å². The maximum Gasteiger partial charge on any atom is 0.160 e. The molecular formula is C9H18O2. The van der Waals surface area contributed by atoms with E-state index in [1.54, 1.807) is 0 Å². The molecule has 0 aliphatic carbocycles. The summed E-state index contributed by atoms with van der Waals surface area (Å²) in [4.78, 5) is 0. The summed E-state index contributed by atoms with van der Waals surface area (Å²) >= 11 is 0. The van der Waals surface area contributed by atoms with E-state index in [1.807, 2.05) is 0 Å². The van der Waals surface area contributed by atoms with Crippen molar-refractivity contribution in [3.8, 4) is 0 Å². The van der Waals surface area contributed by atoms with Crippen LogP contribution in [-0.4, -0.2) is 19.0 Å². The topological polar surface area (TPSA) is 18.5 Å². The Hall–Kier alpha value is -0.0800. The molecule has 0 unspecified atom stereocenters. The fourth-order valence-corrected chi connectivity index (χ4v) is 1.26. The van der Waals surface area contributed by atoms with Gasteiger partial charge in [0, 0.05) is 12.5 Å². The maximum absolute atomic E-state index is 5.65. The smallest absolute Gasteiger partial charge is 0.160 e. The second kappa shape index (κ2) is 4.07. The number of hydrogen-bond donors (Lipinski definition) is 0. The van der Waals surface area contributed by atoms with Crippen LogP contribution in [0.1, 0.15) is 33.6 Å². The molecule has 0 aromatic rings. The van der Waals surface area contributed by atoms with Crippen LogP contribution in [0.3, 0.4) is 0 Å². The van der Waals surface area contributed by atoms with E-state index in [0.29, 0.717) is 12.0 Å². The fraction of sp³-hybridized carbons (Fsp3) is 1.00. The summed E-state index contributed by atoms with van der Waals surface area (Å²) < 4.78 is 11.2. The standard InChI is InChI=1S/C9H18O2/c1-7(2)9-10-6-4-5-8(3)11-9/h7-9H,4-6H2,1-3H3/t8-,9+/m0/s1. The summed E-state index contributed by atoms with van der Waals surface area (Å²) in [5.41, 5.74) is 0. The van der Waals surface area contributed by atoms with Crippen LogP contribution in [0.5, 0.6) is 0 Å². The molecule has 0 amide bonds. The SMILES string of the molecule is CC(C)[C@@H]1OCCC[C@H](C)O1. The van der Waals surface area contributed by atoms with Crippen LogP contribution in [0.15, 0.2) is 0 Å². The van der Waals surface area contributed by atoms with Gasteiger partial charge in [-0.2, -0.15) is 0 Å². The van der Waals surface area contributed by atoms with Gasteiger partial charge in [0.2, 0.25) is 0 Å².